The van der Waals surface area contributed by atoms with Crippen molar-refractivity contribution in [3.63, 3.8) is 0 Å². The van der Waals surface area contributed by atoms with Crippen molar-refractivity contribution in [1.82, 2.24) is 10.2 Å². The first-order valence-corrected chi connectivity index (χ1v) is 6.18. The molecule has 0 aliphatic heterocycles. The molecule has 1 fully saturated rings. The number of likely N-dealkylation sites (N-methyl/N-ethyl adjacent to an activating group) is 1. The van der Waals surface area contributed by atoms with Gasteiger partial charge in [-0.05, 0) is 46.3 Å². The summed E-state index contributed by atoms with van der Waals surface area (Å²) in [6.45, 7) is 3.25. The Morgan fingerprint density at radius 3 is 2.75 bits per heavy atom. The van der Waals surface area contributed by atoms with Gasteiger partial charge in [0.05, 0.1) is 0 Å². The van der Waals surface area contributed by atoms with Crippen molar-refractivity contribution in [1.29, 1.82) is 0 Å². The Bertz CT molecular complexity index is 245. The fraction of sp³-hybridized carbons (Fsp3) is 0.917. The normalized spacial score (nSPS) is 29.9. The van der Waals surface area contributed by atoms with Crippen molar-refractivity contribution < 1.29 is 9.90 Å². The van der Waals surface area contributed by atoms with Crippen LogP contribution in [-0.4, -0.2) is 48.2 Å². The van der Waals surface area contributed by atoms with Crippen LogP contribution in [0.15, 0.2) is 0 Å². The molecule has 0 aromatic heterocycles. The molecule has 1 rings (SSSR count). The van der Waals surface area contributed by atoms with Crippen LogP contribution in [0.4, 0.5) is 0 Å². The van der Waals surface area contributed by atoms with E-state index in [4.69, 9.17) is 0 Å². The van der Waals surface area contributed by atoms with Gasteiger partial charge in [-0.25, -0.2) is 0 Å². The molecular formula is C12H24N2O2. The number of carbonyl (C=O) groups is 1. The molecule has 0 aromatic rings. The van der Waals surface area contributed by atoms with Crippen LogP contribution in [-0.2, 0) is 4.79 Å². The molecule has 2 N–H and O–H groups in total. The van der Waals surface area contributed by atoms with Crippen LogP contribution in [0.5, 0.6) is 0 Å². The number of unbranched alkanes of at least 4 members (excludes halogenated alkanes) is 1. The third-order valence-electron chi connectivity index (χ3n) is 3.86. The van der Waals surface area contributed by atoms with E-state index in [2.05, 4.69) is 24.2 Å². The van der Waals surface area contributed by atoms with E-state index in [1.54, 1.807) is 7.05 Å². The minimum absolute atomic E-state index is 0.412. The van der Waals surface area contributed by atoms with Gasteiger partial charge in [0.25, 0.3) is 0 Å². The highest BCUT2D eigenvalue weighted by Gasteiger charge is 2.45. The van der Waals surface area contributed by atoms with Crippen LogP contribution < -0.4 is 5.32 Å². The molecule has 0 bridgehead atoms. The second kappa shape index (κ2) is 5.64. The average Bonchev–Trinajstić information content (AvgIpc) is 2.71. The Labute approximate surface area is 98.0 Å². The van der Waals surface area contributed by atoms with Crippen molar-refractivity contribution in [3.8, 4) is 0 Å². The number of nitrogens with zero attached hydrogens (tertiary/aromatic N) is 1. The number of carboxylic acid groups (broad SMARTS) is 1. The highest BCUT2D eigenvalue weighted by atomic mass is 16.4. The zero-order chi connectivity index (χ0) is 12.2. The maximum absolute atomic E-state index is 11.3. The topological polar surface area (TPSA) is 52.6 Å². The van der Waals surface area contributed by atoms with Gasteiger partial charge >= 0.3 is 5.97 Å². The number of carboxylic acids is 1. The molecule has 0 amide bonds. The lowest BCUT2D eigenvalue weighted by Crippen LogP contribution is -2.49. The average molecular weight is 228 g/mol. The molecule has 0 saturated heterocycles. The largest absolute Gasteiger partial charge is 0.480 e. The molecule has 4 nitrogen and oxygen atoms in total. The van der Waals surface area contributed by atoms with Gasteiger partial charge < -0.3 is 15.3 Å². The minimum atomic E-state index is -0.707. The summed E-state index contributed by atoms with van der Waals surface area (Å²) in [5.74, 6) is -0.707. The van der Waals surface area contributed by atoms with Crippen LogP contribution >= 0.6 is 0 Å². The summed E-state index contributed by atoms with van der Waals surface area (Å²) < 4.78 is 0. The molecular weight excluding hydrogens is 204 g/mol. The molecule has 0 aromatic carbocycles. The van der Waals surface area contributed by atoms with Crippen molar-refractivity contribution >= 4 is 5.97 Å². The summed E-state index contributed by atoms with van der Waals surface area (Å²) in [7, 11) is 3.86. The molecule has 16 heavy (non-hydrogen) atoms. The van der Waals surface area contributed by atoms with E-state index in [1.807, 2.05) is 0 Å². The van der Waals surface area contributed by atoms with Gasteiger partial charge in [-0.3, -0.25) is 4.79 Å². The van der Waals surface area contributed by atoms with Gasteiger partial charge in [-0.2, -0.15) is 0 Å². The predicted molar refractivity (Wildman–Crippen MR) is 64.6 cm³/mol. The Kier molecular flexibility index (Phi) is 4.74. The van der Waals surface area contributed by atoms with Crippen molar-refractivity contribution in [3.05, 3.63) is 0 Å². The third-order valence-corrected chi connectivity index (χ3v) is 3.86. The number of nitrogens with one attached hydrogen (secondary N) is 1. The standard InChI is InChI=1S/C12H24N2O2/c1-4-5-8-14(3)10-6-7-12(9-10,13-2)11(15)16/h10,13H,4-9H2,1-3H3,(H,15,16). The van der Waals surface area contributed by atoms with Gasteiger partial charge in [0, 0.05) is 6.04 Å². The first-order valence-electron chi connectivity index (χ1n) is 6.18. The van der Waals surface area contributed by atoms with Gasteiger partial charge in [-0.15, -0.1) is 0 Å². The fourth-order valence-electron chi connectivity index (χ4n) is 2.51. The highest BCUT2D eigenvalue weighted by Crippen LogP contribution is 2.32. The van der Waals surface area contributed by atoms with E-state index in [0.29, 0.717) is 6.04 Å². The molecule has 0 spiro atoms. The van der Waals surface area contributed by atoms with Crippen LogP contribution in [0.1, 0.15) is 39.0 Å². The molecule has 2 unspecified atom stereocenters. The van der Waals surface area contributed by atoms with E-state index in [0.717, 1.165) is 25.8 Å². The zero-order valence-electron chi connectivity index (χ0n) is 10.6. The number of hydrogen-bond acceptors (Lipinski definition) is 3. The van der Waals surface area contributed by atoms with E-state index >= 15 is 0 Å². The van der Waals surface area contributed by atoms with Gasteiger partial charge in [0.15, 0.2) is 0 Å². The van der Waals surface area contributed by atoms with E-state index in [1.165, 1.54) is 12.8 Å². The van der Waals surface area contributed by atoms with Crippen molar-refractivity contribution in [2.75, 3.05) is 20.6 Å². The molecule has 0 heterocycles. The quantitative estimate of drug-likeness (QED) is 0.720. The summed E-state index contributed by atoms with van der Waals surface area (Å²) in [4.78, 5) is 13.6. The number of rotatable bonds is 6. The first kappa shape index (κ1) is 13.5. The maximum Gasteiger partial charge on any atom is 0.323 e. The monoisotopic (exact) mass is 228 g/mol. The Hall–Kier alpha value is -0.610. The van der Waals surface area contributed by atoms with Crippen LogP contribution in [0.3, 0.4) is 0 Å². The summed E-state index contributed by atoms with van der Waals surface area (Å²) in [5.41, 5.74) is -0.689. The van der Waals surface area contributed by atoms with Crippen LogP contribution in [0, 0.1) is 0 Å². The van der Waals surface area contributed by atoms with Gasteiger partial charge in [0.2, 0.25) is 0 Å². The van der Waals surface area contributed by atoms with Crippen LogP contribution in [0.25, 0.3) is 0 Å². The number of hydrogen-bond donors (Lipinski definition) is 2. The summed E-state index contributed by atoms with van der Waals surface area (Å²) in [5, 5.41) is 12.2. The Morgan fingerprint density at radius 1 is 1.62 bits per heavy atom. The van der Waals surface area contributed by atoms with E-state index in [-0.39, 0.29) is 0 Å². The zero-order valence-corrected chi connectivity index (χ0v) is 10.6. The first-order chi connectivity index (χ1) is 7.55. The smallest absolute Gasteiger partial charge is 0.323 e. The van der Waals surface area contributed by atoms with E-state index < -0.39 is 11.5 Å². The maximum atomic E-state index is 11.3. The second-order valence-electron chi connectivity index (χ2n) is 4.87. The number of aliphatic carboxylic acids is 1. The lowest BCUT2D eigenvalue weighted by atomic mass is 9.98. The fourth-order valence-corrected chi connectivity index (χ4v) is 2.51. The summed E-state index contributed by atoms with van der Waals surface area (Å²) in [6.07, 6.45) is 4.81. The molecule has 4 heteroatoms. The molecule has 2 atom stereocenters. The second-order valence-corrected chi connectivity index (χ2v) is 4.87. The van der Waals surface area contributed by atoms with Crippen molar-refractivity contribution in [2.24, 2.45) is 0 Å². The lowest BCUT2D eigenvalue weighted by Gasteiger charge is -2.27. The predicted octanol–water partition coefficient (Wildman–Crippen LogP) is 1.31. The molecule has 94 valence electrons. The Morgan fingerprint density at radius 2 is 2.31 bits per heavy atom. The third kappa shape index (κ3) is 2.74. The Balaban J connectivity index is 2.53. The van der Waals surface area contributed by atoms with Crippen LogP contribution in [0.2, 0.25) is 0 Å². The highest BCUT2D eigenvalue weighted by molar-refractivity contribution is 5.79. The molecule has 1 aliphatic rings. The molecule has 1 aliphatic carbocycles. The van der Waals surface area contributed by atoms with Gasteiger partial charge in [0.1, 0.15) is 5.54 Å². The lowest BCUT2D eigenvalue weighted by molar-refractivity contribution is -0.144. The van der Waals surface area contributed by atoms with E-state index in [9.17, 15) is 9.90 Å². The molecule has 0 radical (unpaired) electrons. The SMILES string of the molecule is CCCCN(C)C1CCC(NC)(C(=O)O)C1. The summed E-state index contributed by atoms with van der Waals surface area (Å²) >= 11 is 0. The summed E-state index contributed by atoms with van der Waals surface area (Å²) in [6, 6.07) is 0.412. The molecule has 1 saturated carbocycles. The van der Waals surface area contributed by atoms with Gasteiger partial charge in [-0.1, -0.05) is 13.3 Å². The minimum Gasteiger partial charge on any atom is -0.480 e. The van der Waals surface area contributed by atoms with Crippen molar-refractivity contribution in [2.45, 2.75) is 50.6 Å².